The van der Waals surface area contributed by atoms with E-state index >= 15 is 0 Å². The van der Waals surface area contributed by atoms with Crippen LogP contribution >= 0.6 is 11.6 Å². The number of allylic oxidation sites excluding steroid dienone is 2. The van der Waals surface area contributed by atoms with Crippen LogP contribution < -0.4 is 15.2 Å². The predicted octanol–water partition coefficient (Wildman–Crippen LogP) is 2.94. The zero-order valence-corrected chi connectivity index (χ0v) is 18.8. The Balaban J connectivity index is 1.78. The zero-order chi connectivity index (χ0) is 22.4. The number of hydrogen-bond donors (Lipinski definition) is 2. The molecule has 3 aromatic rings. The van der Waals surface area contributed by atoms with Crippen LogP contribution in [0, 0.1) is 0 Å². The van der Waals surface area contributed by atoms with Crippen molar-refractivity contribution >= 4 is 38.5 Å². The van der Waals surface area contributed by atoms with Crippen LogP contribution in [0.1, 0.15) is 12.5 Å². The number of nitrogen functional groups attached to an aromatic ring is 1. The molecule has 31 heavy (non-hydrogen) atoms. The lowest BCUT2D eigenvalue weighted by Crippen LogP contribution is -2.47. The molecule has 0 radical (unpaired) electrons. The average molecular weight is 460 g/mol. The van der Waals surface area contributed by atoms with Gasteiger partial charge in [0.2, 0.25) is 10.0 Å². The SMILES string of the molecule is COc1ccc(S(=O)(=O)NC2C=CC=CC2(C)c2cn(C)c3ncnc(N)c23)cc1Cl. The number of methoxy groups -OCH3 is 1. The number of nitrogens with two attached hydrogens (primary N) is 1. The number of hydrogen-bond acceptors (Lipinski definition) is 6. The van der Waals surface area contributed by atoms with E-state index in [0.29, 0.717) is 22.6 Å². The summed E-state index contributed by atoms with van der Waals surface area (Å²) in [4.78, 5) is 8.50. The van der Waals surface area contributed by atoms with E-state index in [0.717, 1.165) is 5.56 Å². The number of anilines is 1. The maximum Gasteiger partial charge on any atom is 0.241 e. The molecule has 0 amide bonds. The number of halogens is 1. The van der Waals surface area contributed by atoms with Gasteiger partial charge in [-0.05, 0) is 23.8 Å². The van der Waals surface area contributed by atoms with Gasteiger partial charge in [0.15, 0.2) is 0 Å². The summed E-state index contributed by atoms with van der Waals surface area (Å²) in [6, 6.07) is 3.76. The van der Waals surface area contributed by atoms with Gasteiger partial charge < -0.3 is 15.0 Å². The second-order valence-corrected chi connectivity index (χ2v) is 9.65. The van der Waals surface area contributed by atoms with Crippen LogP contribution in [0.2, 0.25) is 5.02 Å². The quantitative estimate of drug-likeness (QED) is 0.606. The fourth-order valence-corrected chi connectivity index (χ4v) is 5.48. The highest BCUT2D eigenvalue weighted by Gasteiger charge is 2.39. The number of sulfonamides is 1. The van der Waals surface area contributed by atoms with E-state index in [-0.39, 0.29) is 9.92 Å². The Labute approximate surface area is 185 Å². The molecule has 10 heteroatoms. The highest BCUT2D eigenvalue weighted by atomic mass is 35.5. The molecule has 0 saturated heterocycles. The first kappa shape index (κ1) is 21.4. The lowest BCUT2D eigenvalue weighted by Gasteiger charge is -2.35. The van der Waals surface area contributed by atoms with Crippen LogP contribution in [0.15, 0.2) is 59.9 Å². The van der Waals surface area contributed by atoms with E-state index in [2.05, 4.69) is 14.7 Å². The maximum atomic E-state index is 13.2. The largest absolute Gasteiger partial charge is 0.495 e. The van der Waals surface area contributed by atoms with Crippen LogP contribution in [-0.4, -0.2) is 36.1 Å². The Morgan fingerprint density at radius 2 is 2.06 bits per heavy atom. The number of aryl methyl sites for hydroxylation is 1. The number of rotatable bonds is 5. The number of aromatic nitrogens is 3. The fourth-order valence-electron chi connectivity index (χ4n) is 3.85. The normalized spacial score (nSPS) is 21.0. The molecule has 2 aromatic heterocycles. The first-order chi connectivity index (χ1) is 14.7. The summed E-state index contributed by atoms with van der Waals surface area (Å²) in [5.41, 5.74) is 6.93. The summed E-state index contributed by atoms with van der Waals surface area (Å²) in [5, 5.41) is 0.912. The van der Waals surface area contributed by atoms with Gasteiger partial charge in [-0.15, -0.1) is 0 Å². The third-order valence-corrected chi connectivity index (χ3v) is 7.32. The molecular weight excluding hydrogens is 438 g/mol. The number of fused-ring (bicyclic) bond motifs is 1. The molecule has 0 aliphatic heterocycles. The Hall–Kier alpha value is -2.88. The average Bonchev–Trinajstić information content (AvgIpc) is 3.08. The molecule has 4 rings (SSSR count). The van der Waals surface area contributed by atoms with Crippen molar-refractivity contribution in [3.05, 3.63) is 65.6 Å². The van der Waals surface area contributed by atoms with E-state index in [1.54, 1.807) is 6.08 Å². The second kappa shape index (κ2) is 7.67. The molecule has 1 aliphatic rings. The fraction of sp³-hybridized carbons (Fsp3) is 0.238. The summed E-state index contributed by atoms with van der Waals surface area (Å²) < 4.78 is 36.1. The maximum absolute atomic E-state index is 13.2. The Morgan fingerprint density at radius 3 is 2.77 bits per heavy atom. The summed E-state index contributed by atoms with van der Waals surface area (Å²) >= 11 is 6.14. The van der Waals surface area contributed by atoms with Crippen molar-refractivity contribution in [2.24, 2.45) is 7.05 Å². The third kappa shape index (κ3) is 3.58. The van der Waals surface area contributed by atoms with E-state index in [9.17, 15) is 8.42 Å². The monoisotopic (exact) mass is 459 g/mol. The van der Waals surface area contributed by atoms with E-state index in [1.807, 2.05) is 43.0 Å². The Bertz CT molecular complexity index is 1330. The van der Waals surface area contributed by atoms with Crippen molar-refractivity contribution < 1.29 is 13.2 Å². The van der Waals surface area contributed by atoms with Gasteiger partial charge in [-0.25, -0.2) is 23.1 Å². The summed E-state index contributed by atoms with van der Waals surface area (Å²) in [5.74, 6) is 0.741. The van der Waals surface area contributed by atoms with Crippen molar-refractivity contribution in [3.8, 4) is 5.75 Å². The molecule has 0 fully saturated rings. The minimum atomic E-state index is -3.89. The van der Waals surface area contributed by atoms with Gasteiger partial charge in [0.1, 0.15) is 23.5 Å². The lowest BCUT2D eigenvalue weighted by atomic mass is 9.74. The summed E-state index contributed by atoms with van der Waals surface area (Å²) in [6.07, 6.45) is 10.8. The molecule has 1 aromatic carbocycles. The summed E-state index contributed by atoms with van der Waals surface area (Å²) in [7, 11) is -0.554. The molecule has 2 unspecified atom stereocenters. The van der Waals surface area contributed by atoms with Gasteiger partial charge in [-0.3, -0.25) is 0 Å². The van der Waals surface area contributed by atoms with Crippen LogP contribution in [0.4, 0.5) is 5.82 Å². The molecule has 8 nitrogen and oxygen atoms in total. The van der Waals surface area contributed by atoms with Crippen molar-refractivity contribution in [2.45, 2.75) is 23.3 Å². The number of nitrogens with one attached hydrogen (secondary N) is 1. The zero-order valence-electron chi connectivity index (χ0n) is 17.2. The molecule has 2 atom stereocenters. The van der Waals surface area contributed by atoms with E-state index < -0.39 is 21.5 Å². The van der Waals surface area contributed by atoms with E-state index in [4.69, 9.17) is 22.1 Å². The predicted molar refractivity (Wildman–Crippen MR) is 121 cm³/mol. The number of nitrogens with zero attached hydrogens (tertiary/aromatic N) is 3. The molecule has 162 valence electrons. The van der Waals surface area contributed by atoms with Crippen LogP contribution in [0.5, 0.6) is 5.75 Å². The van der Waals surface area contributed by atoms with E-state index in [1.165, 1.54) is 31.6 Å². The third-order valence-electron chi connectivity index (χ3n) is 5.58. The van der Waals surface area contributed by atoms with Crippen LogP contribution in [0.25, 0.3) is 11.0 Å². The smallest absolute Gasteiger partial charge is 0.241 e. The second-order valence-electron chi connectivity index (χ2n) is 7.53. The van der Waals surface area contributed by atoms with Crippen LogP contribution in [-0.2, 0) is 22.5 Å². The first-order valence-corrected chi connectivity index (χ1v) is 11.3. The Kier molecular flexibility index (Phi) is 5.28. The number of ether oxygens (including phenoxy) is 1. The highest BCUT2D eigenvalue weighted by Crippen LogP contribution is 2.39. The molecule has 0 bridgehead atoms. The number of benzene rings is 1. The lowest BCUT2D eigenvalue weighted by molar-refractivity contribution is 0.414. The molecule has 1 aliphatic carbocycles. The first-order valence-electron chi connectivity index (χ1n) is 9.45. The van der Waals surface area contributed by atoms with Gasteiger partial charge >= 0.3 is 0 Å². The van der Waals surface area contributed by atoms with Crippen LogP contribution in [0.3, 0.4) is 0 Å². The van der Waals surface area contributed by atoms with Gasteiger partial charge in [0, 0.05) is 18.7 Å². The standard InChI is InChI=1S/C21H22ClN5O3S/c1-21(14-11-27(2)20-18(14)19(23)24-12-25-20)9-5-4-6-17(21)26-31(28,29)13-7-8-16(30-3)15(22)10-13/h4-12,17,26H,1-3H3,(H2,23,24,25). The van der Waals surface area contributed by atoms with Crippen molar-refractivity contribution in [2.75, 3.05) is 12.8 Å². The van der Waals surface area contributed by atoms with Crippen molar-refractivity contribution in [3.63, 3.8) is 0 Å². The Morgan fingerprint density at radius 1 is 1.29 bits per heavy atom. The highest BCUT2D eigenvalue weighted by molar-refractivity contribution is 7.89. The summed E-state index contributed by atoms with van der Waals surface area (Å²) in [6.45, 7) is 1.95. The minimum Gasteiger partial charge on any atom is -0.495 e. The van der Waals surface area contributed by atoms with Gasteiger partial charge in [0.25, 0.3) is 0 Å². The van der Waals surface area contributed by atoms with Crippen molar-refractivity contribution in [1.29, 1.82) is 0 Å². The van der Waals surface area contributed by atoms with Gasteiger partial charge in [0.05, 0.1) is 28.5 Å². The molecular formula is C21H22ClN5O3S. The van der Waals surface area contributed by atoms with Crippen molar-refractivity contribution in [1.82, 2.24) is 19.3 Å². The molecule has 2 heterocycles. The topological polar surface area (TPSA) is 112 Å². The molecule has 0 saturated carbocycles. The minimum absolute atomic E-state index is 0.0457. The van der Waals surface area contributed by atoms with Gasteiger partial charge in [-0.1, -0.05) is 42.8 Å². The molecule has 0 spiro atoms. The molecule has 3 N–H and O–H groups in total. The van der Waals surface area contributed by atoms with Gasteiger partial charge in [-0.2, -0.15) is 0 Å².